The topological polar surface area (TPSA) is 42.0 Å². The van der Waals surface area contributed by atoms with Gasteiger partial charge in [-0.25, -0.2) is 4.98 Å². The summed E-state index contributed by atoms with van der Waals surface area (Å²) in [6, 6.07) is 25.3. The van der Waals surface area contributed by atoms with Crippen molar-refractivity contribution in [1.29, 1.82) is 0 Å². The van der Waals surface area contributed by atoms with E-state index in [2.05, 4.69) is 5.32 Å². The molecule has 0 bridgehead atoms. The number of alkyl halides is 3. The Balaban J connectivity index is 1.64. The van der Waals surface area contributed by atoms with E-state index in [-0.39, 0.29) is 16.3 Å². The van der Waals surface area contributed by atoms with Gasteiger partial charge in [-0.3, -0.25) is 4.79 Å². The van der Waals surface area contributed by atoms with E-state index in [1.165, 1.54) is 0 Å². The van der Waals surface area contributed by atoms with Crippen LogP contribution < -0.4 is 5.32 Å². The fourth-order valence-electron chi connectivity index (χ4n) is 3.94. The molecule has 0 aliphatic rings. The highest BCUT2D eigenvalue weighted by Crippen LogP contribution is 2.35. The summed E-state index contributed by atoms with van der Waals surface area (Å²) in [7, 11) is 0. The van der Waals surface area contributed by atoms with Gasteiger partial charge in [-0.15, -0.1) is 0 Å². The second kappa shape index (κ2) is 8.47. The molecule has 0 aliphatic heterocycles. The Bertz CT molecular complexity index is 1560. The standard InChI is InChI=1S/C27H16ClF3N2O/c28-22-13-12-17(27(29,30)31)14-25(22)33-26(34)21-15-24(32-23-11-4-3-9-20(21)23)19-10-5-7-16-6-1-2-8-18(16)19/h1-15H,(H,33,34). The summed E-state index contributed by atoms with van der Waals surface area (Å²) in [5.41, 5.74) is 1.28. The van der Waals surface area contributed by atoms with E-state index in [0.717, 1.165) is 34.5 Å². The summed E-state index contributed by atoms with van der Waals surface area (Å²) in [5, 5.41) is 5.13. The molecule has 34 heavy (non-hydrogen) atoms. The number of pyridine rings is 1. The second-order valence-electron chi connectivity index (χ2n) is 7.75. The number of hydrogen-bond donors (Lipinski definition) is 1. The fraction of sp³-hybridized carbons (Fsp3) is 0.0370. The fourth-order valence-corrected chi connectivity index (χ4v) is 4.10. The predicted octanol–water partition coefficient (Wildman–Crippen LogP) is 7.98. The lowest BCUT2D eigenvalue weighted by molar-refractivity contribution is -0.137. The number of nitrogens with one attached hydrogen (secondary N) is 1. The van der Waals surface area contributed by atoms with Crippen molar-refractivity contribution in [2.24, 2.45) is 0 Å². The maximum absolute atomic E-state index is 13.3. The van der Waals surface area contributed by atoms with Gasteiger partial charge in [0.15, 0.2) is 0 Å². The van der Waals surface area contributed by atoms with Crippen molar-refractivity contribution in [3.8, 4) is 11.3 Å². The number of fused-ring (bicyclic) bond motifs is 2. The summed E-state index contributed by atoms with van der Waals surface area (Å²) in [6.07, 6.45) is -4.56. The lowest BCUT2D eigenvalue weighted by Gasteiger charge is -2.14. The van der Waals surface area contributed by atoms with Crippen LogP contribution in [-0.2, 0) is 6.18 Å². The second-order valence-corrected chi connectivity index (χ2v) is 8.15. The molecule has 1 amide bonds. The first kappa shape index (κ1) is 21.9. The maximum Gasteiger partial charge on any atom is 0.416 e. The lowest BCUT2D eigenvalue weighted by atomic mass is 9.99. The molecule has 0 atom stereocenters. The molecule has 1 N–H and O–H groups in total. The van der Waals surface area contributed by atoms with Crippen LogP contribution in [0.25, 0.3) is 32.9 Å². The van der Waals surface area contributed by atoms with Gasteiger partial charge in [-0.05, 0) is 41.1 Å². The van der Waals surface area contributed by atoms with Crippen molar-refractivity contribution < 1.29 is 18.0 Å². The summed E-state index contributed by atoms with van der Waals surface area (Å²) in [4.78, 5) is 18.1. The molecule has 0 fully saturated rings. The Hall–Kier alpha value is -3.90. The van der Waals surface area contributed by atoms with Crippen molar-refractivity contribution in [3.05, 3.63) is 107 Å². The molecule has 168 valence electrons. The highest BCUT2D eigenvalue weighted by atomic mass is 35.5. The molecule has 0 unspecified atom stereocenters. The van der Waals surface area contributed by atoms with E-state index < -0.39 is 17.6 Å². The minimum absolute atomic E-state index is 0.00832. The van der Waals surface area contributed by atoms with Crippen LogP contribution in [0, 0.1) is 0 Å². The van der Waals surface area contributed by atoms with Gasteiger partial charge in [0.25, 0.3) is 5.91 Å². The predicted molar refractivity (Wildman–Crippen MR) is 129 cm³/mol. The van der Waals surface area contributed by atoms with Gasteiger partial charge in [0.05, 0.1) is 33.0 Å². The van der Waals surface area contributed by atoms with Gasteiger partial charge in [-0.2, -0.15) is 13.2 Å². The number of carbonyl (C=O) groups excluding carboxylic acids is 1. The molecule has 3 nitrogen and oxygen atoms in total. The van der Waals surface area contributed by atoms with Crippen LogP contribution >= 0.6 is 11.6 Å². The summed E-state index contributed by atoms with van der Waals surface area (Å²) in [5.74, 6) is -0.582. The summed E-state index contributed by atoms with van der Waals surface area (Å²) in [6.45, 7) is 0. The number of aromatic nitrogens is 1. The molecule has 0 saturated carbocycles. The van der Waals surface area contributed by atoms with Crippen LogP contribution in [0.5, 0.6) is 0 Å². The molecular weight excluding hydrogens is 461 g/mol. The molecule has 4 aromatic carbocycles. The number of para-hydroxylation sites is 1. The average Bonchev–Trinajstić information content (AvgIpc) is 2.83. The smallest absolute Gasteiger partial charge is 0.321 e. The Morgan fingerprint density at radius 2 is 1.53 bits per heavy atom. The number of rotatable bonds is 3. The molecule has 0 spiro atoms. The third kappa shape index (κ3) is 4.08. The maximum atomic E-state index is 13.3. The van der Waals surface area contributed by atoms with Gasteiger partial charge in [-0.1, -0.05) is 72.3 Å². The van der Waals surface area contributed by atoms with E-state index in [9.17, 15) is 18.0 Å². The van der Waals surface area contributed by atoms with Gasteiger partial charge < -0.3 is 5.32 Å². The zero-order valence-corrected chi connectivity index (χ0v) is 18.3. The molecule has 5 rings (SSSR count). The first-order valence-corrected chi connectivity index (χ1v) is 10.7. The Morgan fingerprint density at radius 1 is 0.824 bits per heavy atom. The van der Waals surface area contributed by atoms with E-state index in [1.807, 2.05) is 48.5 Å². The van der Waals surface area contributed by atoms with Crippen LogP contribution in [0.2, 0.25) is 5.02 Å². The molecule has 5 aromatic rings. The van der Waals surface area contributed by atoms with Crippen molar-refractivity contribution >= 4 is 44.9 Å². The molecule has 1 aromatic heterocycles. The summed E-state index contributed by atoms with van der Waals surface area (Å²) < 4.78 is 39.5. The lowest BCUT2D eigenvalue weighted by Crippen LogP contribution is -2.14. The zero-order chi connectivity index (χ0) is 23.9. The molecular formula is C27H16ClF3N2O. The van der Waals surface area contributed by atoms with Gasteiger partial charge in [0.2, 0.25) is 0 Å². The van der Waals surface area contributed by atoms with E-state index in [0.29, 0.717) is 16.6 Å². The average molecular weight is 477 g/mol. The molecule has 0 saturated heterocycles. The van der Waals surface area contributed by atoms with Crippen molar-refractivity contribution in [2.75, 3.05) is 5.32 Å². The van der Waals surface area contributed by atoms with Crippen LogP contribution in [0.15, 0.2) is 91.0 Å². The van der Waals surface area contributed by atoms with Gasteiger partial charge in [0.1, 0.15) is 0 Å². The van der Waals surface area contributed by atoms with Crippen LogP contribution in [0.3, 0.4) is 0 Å². The molecule has 0 aliphatic carbocycles. The monoisotopic (exact) mass is 476 g/mol. The van der Waals surface area contributed by atoms with E-state index in [4.69, 9.17) is 16.6 Å². The third-order valence-electron chi connectivity index (χ3n) is 5.57. The van der Waals surface area contributed by atoms with Gasteiger partial charge in [0, 0.05) is 10.9 Å². The summed E-state index contributed by atoms with van der Waals surface area (Å²) >= 11 is 6.09. The molecule has 0 radical (unpaired) electrons. The van der Waals surface area contributed by atoms with E-state index >= 15 is 0 Å². The number of carbonyl (C=O) groups is 1. The number of hydrogen-bond acceptors (Lipinski definition) is 2. The first-order chi connectivity index (χ1) is 16.3. The Morgan fingerprint density at radius 3 is 2.32 bits per heavy atom. The third-order valence-corrected chi connectivity index (χ3v) is 5.90. The number of amides is 1. The highest BCUT2D eigenvalue weighted by molar-refractivity contribution is 6.34. The first-order valence-electron chi connectivity index (χ1n) is 10.4. The van der Waals surface area contributed by atoms with Crippen molar-refractivity contribution in [2.45, 2.75) is 6.18 Å². The largest absolute Gasteiger partial charge is 0.416 e. The normalized spacial score (nSPS) is 11.6. The van der Waals surface area contributed by atoms with Crippen molar-refractivity contribution in [1.82, 2.24) is 4.98 Å². The van der Waals surface area contributed by atoms with Gasteiger partial charge >= 0.3 is 6.18 Å². The minimum Gasteiger partial charge on any atom is -0.321 e. The molecule has 1 heterocycles. The van der Waals surface area contributed by atoms with Crippen LogP contribution in [-0.4, -0.2) is 10.9 Å². The number of benzene rings is 4. The number of halogens is 4. The number of anilines is 1. The Labute approximate surface area is 197 Å². The van der Waals surface area contributed by atoms with Crippen molar-refractivity contribution in [3.63, 3.8) is 0 Å². The SMILES string of the molecule is O=C(Nc1cc(C(F)(F)F)ccc1Cl)c1cc(-c2cccc3ccccc23)nc2ccccc12. The molecule has 7 heteroatoms. The van der Waals surface area contributed by atoms with E-state index in [1.54, 1.807) is 24.3 Å². The Kier molecular flexibility index (Phi) is 5.46. The van der Waals surface area contributed by atoms with Crippen LogP contribution in [0.1, 0.15) is 15.9 Å². The quantitative estimate of drug-likeness (QED) is 0.287. The number of nitrogens with zero attached hydrogens (tertiary/aromatic N) is 1. The zero-order valence-electron chi connectivity index (χ0n) is 17.5. The minimum atomic E-state index is -4.56. The highest BCUT2D eigenvalue weighted by Gasteiger charge is 2.31. The van der Waals surface area contributed by atoms with Crippen LogP contribution in [0.4, 0.5) is 18.9 Å².